The topological polar surface area (TPSA) is 23.6 Å². The van der Waals surface area contributed by atoms with Gasteiger partial charge in [-0.15, -0.1) is 0 Å². The molecule has 0 aliphatic carbocycles. The fourth-order valence-electron chi connectivity index (χ4n) is 5.21. The van der Waals surface area contributed by atoms with Crippen molar-refractivity contribution in [1.82, 2.24) is 0 Å². The first-order chi connectivity index (χ1) is 15.0. The Morgan fingerprint density at radius 2 is 1.16 bits per heavy atom. The van der Waals surface area contributed by atoms with Crippen LogP contribution in [0, 0.1) is 0 Å². The predicted molar refractivity (Wildman–Crippen MR) is 136 cm³/mol. The van der Waals surface area contributed by atoms with Crippen LogP contribution in [0.25, 0.3) is 0 Å². The number of ketones is 1. The second-order valence-electron chi connectivity index (χ2n) is 9.52. The molecular formula is C27H30Cl2N2O. The Morgan fingerprint density at radius 1 is 0.781 bits per heavy atom. The first-order valence-electron chi connectivity index (χ1n) is 11.2. The van der Waals surface area contributed by atoms with Crippen LogP contribution < -0.4 is 9.80 Å². The van der Waals surface area contributed by atoms with E-state index < -0.39 is 0 Å². The standard InChI is InChI=1S/C27H30Cl2N2O/c1-7-30-22-11-9-17(28)13-20(22)26(3,4)24(30)15-19(32)16-25-27(5,6)21-14-18(29)10-12-23(21)31(25)8-2/h9-16H,7-8H2,1-6H3/b24-15+,25-16+. The lowest BCUT2D eigenvalue weighted by Gasteiger charge is -2.27. The van der Waals surface area contributed by atoms with Crippen LogP contribution in [0.3, 0.4) is 0 Å². The molecular weight excluding hydrogens is 439 g/mol. The minimum Gasteiger partial charge on any atom is -0.344 e. The molecule has 0 unspecified atom stereocenters. The Labute approximate surface area is 201 Å². The highest BCUT2D eigenvalue weighted by Crippen LogP contribution is 2.50. The summed E-state index contributed by atoms with van der Waals surface area (Å²) in [5.74, 6) is -0.00847. The highest BCUT2D eigenvalue weighted by Gasteiger charge is 2.42. The maximum atomic E-state index is 13.4. The van der Waals surface area contributed by atoms with Crippen molar-refractivity contribution in [2.45, 2.75) is 52.4 Å². The number of halogens is 2. The summed E-state index contributed by atoms with van der Waals surface area (Å²) in [4.78, 5) is 17.9. The van der Waals surface area contributed by atoms with Crippen molar-refractivity contribution >= 4 is 40.4 Å². The summed E-state index contributed by atoms with van der Waals surface area (Å²) >= 11 is 12.6. The first-order valence-corrected chi connectivity index (χ1v) is 11.9. The molecule has 0 amide bonds. The average molecular weight is 469 g/mol. The maximum absolute atomic E-state index is 13.4. The van der Waals surface area contributed by atoms with E-state index in [1.54, 1.807) is 12.2 Å². The molecule has 2 heterocycles. The zero-order valence-corrected chi connectivity index (χ0v) is 21.1. The van der Waals surface area contributed by atoms with E-state index in [1.807, 2.05) is 36.4 Å². The van der Waals surface area contributed by atoms with Crippen molar-refractivity contribution in [1.29, 1.82) is 0 Å². The largest absolute Gasteiger partial charge is 0.344 e. The molecule has 2 aromatic rings. The van der Waals surface area contributed by atoms with Crippen LogP contribution in [0.15, 0.2) is 59.9 Å². The Bertz CT molecular complexity index is 1070. The van der Waals surface area contributed by atoms with E-state index in [0.717, 1.165) is 47.0 Å². The number of fused-ring (bicyclic) bond motifs is 2. The highest BCUT2D eigenvalue weighted by atomic mass is 35.5. The van der Waals surface area contributed by atoms with Gasteiger partial charge in [-0.05, 0) is 61.4 Å². The van der Waals surface area contributed by atoms with Crippen LogP contribution in [0.2, 0.25) is 10.0 Å². The summed E-state index contributed by atoms with van der Waals surface area (Å²) in [5.41, 5.74) is 5.91. The predicted octanol–water partition coefficient (Wildman–Crippen LogP) is 7.27. The minimum absolute atomic E-state index is 0.00847. The molecule has 0 spiro atoms. The summed E-state index contributed by atoms with van der Waals surface area (Å²) < 4.78 is 0. The molecule has 0 bridgehead atoms. The SMILES string of the molecule is CCN1/C(=C/C(=O)/C=C2/N(CC)c3ccc(Cl)cc3C2(C)C)C(C)(C)c2cc(Cl)ccc21. The number of allylic oxidation sites excluding steroid dienone is 4. The van der Waals surface area contributed by atoms with Gasteiger partial charge in [0.05, 0.1) is 0 Å². The van der Waals surface area contributed by atoms with E-state index in [0.29, 0.717) is 10.0 Å². The van der Waals surface area contributed by atoms with Gasteiger partial charge in [0.15, 0.2) is 5.78 Å². The second kappa shape index (κ2) is 7.97. The molecule has 5 heteroatoms. The van der Waals surface area contributed by atoms with Crippen molar-refractivity contribution in [2.75, 3.05) is 22.9 Å². The third kappa shape index (κ3) is 3.47. The molecule has 0 aromatic heterocycles. The van der Waals surface area contributed by atoms with E-state index >= 15 is 0 Å². The zero-order chi connectivity index (χ0) is 23.4. The van der Waals surface area contributed by atoms with Gasteiger partial charge in [0.25, 0.3) is 0 Å². The van der Waals surface area contributed by atoms with Crippen LogP contribution in [0.5, 0.6) is 0 Å². The number of nitrogens with zero attached hydrogens (tertiary/aromatic N) is 2. The molecule has 0 radical (unpaired) electrons. The Balaban J connectivity index is 1.77. The van der Waals surface area contributed by atoms with Crippen molar-refractivity contribution in [3.8, 4) is 0 Å². The normalized spacial score (nSPS) is 20.8. The summed E-state index contributed by atoms with van der Waals surface area (Å²) in [6, 6.07) is 12.0. The summed E-state index contributed by atoms with van der Waals surface area (Å²) in [5, 5.41) is 1.43. The quantitative estimate of drug-likeness (QED) is 0.440. The fourth-order valence-corrected chi connectivity index (χ4v) is 5.55. The molecule has 2 aromatic carbocycles. The smallest absolute Gasteiger partial charge is 0.182 e. The van der Waals surface area contributed by atoms with Crippen LogP contribution >= 0.6 is 23.2 Å². The van der Waals surface area contributed by atoms with Gasteiger partial charge in [-0.2, -0.15) is 0 Å². The molecule has 2 aliphatic heterocycles. The summed E-state index contributed by atoms with van der Waals surface area (Å²) in [6.07, 6.45) is 3.59. The van der Waals surface area contributed by atoms with Gasteiger partial charge in [-0.1, -0.05) is 50.9 Å². The Morgan fingerprint density at radius 3 is 1.50 bits per heavy atom. The highest BCUT2D eigenvalue weighted by molar-refractivity contribution is 6.31. The van der Waals surface area contributed by atoms with Crippen LogP contribution in [-0.4, -0.2) is 18.9 Å². The van der Waals surface area contributed by atoms with Gasteiger partial charge in [-0.25, -0.2) is 0 Å². The van der Waals surface area contributed by atoms with Crippen molar-refractivity contribution in [3.05, 3.63) is 81.1 Å². The lowest BCUT2D eigenvalue weighted by Crippen LogP contribution is -2.28. The number of likely N-dealkylation sites (N-methyl/N-ethyl adjacent to an activating group) is 2. The fraction of sp³-hybridized carbons (Fsp3) is 0.370. The Kier molecular flexibility index (Phi) is 5.71. The summed E-state index contributed by atoms with van der Waals surface area (Å²) in [7, 11) is 0. The molecule has 0 fully saturated rings. The van der Waals surface area contributed by atoms with Gasteiger partial charge in [-0.3, -0.25) is 4.79 Å². The molecule has 0 saturated heterocycles. The molecule has 2 aliphatic rings. The second-order valence-corrected chi connectivity index (χ2v) is 10.4. The molecule has 32 heavy (non-hydrogen) atoms. The number of anilines is 2. The van der Waals surface area contributed by atoms with Gasteiger partial charge >= 0.3 is 0 Å². The lowest BCUT2D eigenvalue weighted by atomic mass is 9.82. The first kappa shape index (κ1) is 22.9. The molecule has 4 rings (SSSR count). The number of carbonyl (C=O) groups is 1. The number of rotatable bonds is 4. The number of hydrogen-bond acceptors (Lipinski definition) is 3. The van der Waals surface area contributed by atoms with Gasteiger partial charge in [0, 0.05) is 68.9 Å². The van der Waals surface area contributed by atoms with Crippen molar-refractivity contribution < 1.29 is 4.79 Å². The van der Waals surface area contributed by atoms with E-state index in [-0.39, 0.29) is 16.6 Å². The third-order valence-electron chi connectivity index (χ3n) is 6.90. The van der Waals surface area contributed by atoms with Gasteiger partial charge in [0.2, 0.25) is 0 Å². The molecule has 0 saturated carbocycles. The van der Waals surface area contributed by atoms with E-state index in [1.165, 1.54) is 0 Å². The molecule has 3 nitrogen and oxygen atoms in total. The molecule has 0 atom stereocenters. The third-order valence-corrected chi connectivity index (χ3v) is 7.37. The number of carbonyl (C=O) groups excluding carboxylic acids is 1. The zero-order valence-electron chi connectivity index (χ0n) is 19.6. The average Bonchev–Trinajstić information content (AvgIpc) is 3.06. The number of hydrogen-bond donors (Lipinski definition) is 0. The summed E-state index contributed by atoms with van der Waals surface area (Å²) in [6.45, 7) is 14.4. The van der Waals surface area contributed by atoms with Crippen LogP contribution in [0.1, 0.15) is 52.7 Å². The van der Waals surface area contributed by atoms with E-state index in [4.69, 9.17) is 23.2 Å². The monoisotopic (exact) mass is 468 g/mol. The maximum Gasteiger partial charge on any atom is 0.182 e. The Hall–Kier alpha value is -2.23. The minimum atomic E-state index is -0.309. The van der Waals surface area contributed by atoms with Gasteiger partial charge < -0.3 is 9.80 Å². The van der Waals surface area contributed by atoms with E-state index in [2.05, 4.69) is 51.3 Å². The van der Waals surface area contributed by atoms with Crippen LogP contribution in [-0.2, 0) is 15.6 Å². The van der Waals surface area contributed by atoms with Crippen molar-refractivity contribution in [3.63, 3.8) is 0 Å². The van der Waals surface area contributed by atoms with E-state index in [9.17, 15) is 4.79 Å². The molecule has 0 N–H and O–H groups in total. The number of benzene rings is 2. The van der Waals surface area contributed by atoms with Gasteiger partial charge in [0.1, 0.15) is 0 Å². The van der Waals surface area contributed by atoms with Crippen LogP contribution in [0.4, 0.5) is 11.4 Å². The molecule has 168 valence electrons. The van der Waals surface area contributed by atoms with Crippen molar-refractivity contribution in [2.24, 2.45) is 0 Å². The lowest BCUT2D eigenvalue weighted by molar-refractivity contribution is -0.110.